The van der Waals surface area contributed by atoms with Crippen molar-refractivity contribution in [2.24, 2.45) is 0 Å². The third-order valence-corrected chi connectivity index (χ3v) is 2.12. The fourth-order valence-electron chi connectivity index (χ4n) is 1.18. The van der Waals surface area contributed by atoms with Crippen LogP contribution in [0.4, 0.5) is 14.9 Å². The van der Waals surface area contributed by atoms with Crippen molar-refractivity contribution in [2.75, 3.05) is 5.32 Å². The monoisotopic (exact) mass is 259 g/mol. The molecule has 1 amide bonds. The van der Waals surface area contributed by atoms with Gasteiger partial charge in [0.15, 0.2) is 0 Å². The van der Waals surface area contributed by atoms with Crippen LogP contribution in [0.3, 0.4) is 0 Å². The lowest BCUT2D eigenvalue weighted by Gasteiger charge is -2.19. The topological polar surface area (TPSA) is 38.3 Å². The Kier molecular flexibility index (Phi) is 4.34. The van der Waals surface area contributed by atoms with Gasteiger partial charge in [-0.15, -0.1) is 11.6 Å². The Morgan fingerprint density at radius 2 is 2.12 bits per heavy atom. The maximum atomic E-state index is 13.2. The molecule has 0 saturated carbocycles. The van der Waals surface area contributed by atoms with Crippen LogP contribution in [0.1, 0.15) is 26.3 Å². The summed E-state index contributed by atoms with van der Waals surface area (Å²) in [5, 5.41) is 2.51. The summed E-state index contributed by atoms with van der Waals surface area (Å²) >= 11 is 5.56. The molecule has 0 radical (unpaired) electrons. The number of hydrogen-bond donors (Lipinski definition) is 1. The fourth-order valence-corrected chi connectivity index (χ4v) is 1.38. The van der Waals surface area contributed by atoms with Crippen molar-refractivity contribution in [3.63, 3.8) is 0 Å². The van der Waals surface area contributed by atoms with Gasteiger partial charge in [0.05, 0.1) is 5.88 Å². The summed E-state index contributed by atoms with van der Waals surface area (Å²) in [6.45, 7) is 5.30. The first-order valence-corrected chi connectivity index (χ1v) is 5.69. The minimum Gasteiger partial charge on any atom is -0.444 e. The van der Waals surface area contributed by atoms with E-state index in [1.165, 1.54) is 18.2 Å². The summed E-state index contributed by atoms with van der Waals surface area (Å²) in [5.41, 5.74) is 0.218. The molecule has 1 rings (SSSR count). The highest BCUT2D eigenvalue weighted by molar-refractivity contribution is 6.17. The molecule has 5 heteroatoms. The Labute approximate surface area is 105 Å². The fraction of sp³-hybridized carbons (Fsp3) is 0.417. The SMILES string of the molecule is CC(C)(C)OC(=O)Nc1ccc(F)c(CCl)c1. The van der Waals surface area contributed by atoms with Crippen LogP contribution in [0.2, 0.25) is 0 Å². The van der Waals surface area contributed by atoms with Gasteiger partial charge in [0.1, 0.15) is 11.4 Å². The number of nitrogens with one attached hydrogen (secondary N) is 1. The van der Waals surface area contributed by atoms with Crippen molar-refractivity contribution >= 4 is 23.4 Å². The third-order valence-electron chi connectivity index (χ3n) is 1.83. The molecule has 0 atom stereocenters. The van der Waals surface area contributed by atoms with E-state index in [4.69, 9.17) is 16.3 Å². The summed E-state index contributed by atoms with van der Waals surface area (Å²) < 4.78 is 18.2. The maximum Gasteiger partial charge on any atom is 0.412 e. The zero-order valence-corrected chi connectivity index (χ0v) is 10.8. The van der Waals surface area contributed by atoms with Gasteiger partial charge in [-0.25, -0.2) is 9.18 Å². The quantitative estimate of drug-likeness (QED) is 0.818. The molecule has 0 aliphatic rings. The normalized spacial score (nSPS) is 11.1. The number of anilines is 1. The smallest absolute Gasteiger partial charge is 0.412 e. The number of carbonyl (C=O) groups is 1. The standard InChI is InChI=1S/C12H15ClFNO2/c1-12(2,3)17-11(16)15-9-4-5-10(14)8(6-9)7-13/h4-6H,7H2,1-3H3,(H,15,16). The largest absolute Gasteiger partial charge is 0.444 e. The van der Waals surface area contributed by atoms with E-state index in [1.54, 1.807) is 20.8 Å². The van der Waals surface area contributed by atoms with E-state index in [0.29, 0.717) is 11.3 Å². The predicted molar refractivity (Wildman–Crippen MR) is 65.8 cm³/mol. The summed E-state index contributed by atoms with van der Waals surface area (Å²) in [6.07, 6.45) is -0.579. The highest BCUT2D eigenvalue weighted by atomic mass is 35.5. The molecule has 0 aliphatic carbocycles. The van der Waals surface area contributed by atoms with E-state index >= 15 is 0 Å². The Morgan fingerprint density at radius 3 is 2.65 bits per heavy atom. The van der Waals surface area contributed by atoms with Crippen LogP contribution in [-0.2, 0) is 10.6 Å². The number of halogens is 2. The highest BCUT2D eigenvalue weighted by Crippen LogP contribution is 2.17. The molecule has 0 aliphatic heterocycles. The molecular formula is C12H15ClFNO2. The van der Waals surface area contributed by atoms with Crippen molar-refractivity contribution in [1.29, 1.82) is 0 Å². The van der Waals surface area contributed by atoms with Crippen LogP contribution in [0.25, 0.3) is 0 Å². The molecule has 0 unspecified atom stereocenters. The molecule has 0 saturated heterocycles. The van der Waals surface area contributed by atoms with Gasteiger partial charge < -0.3 is 4.74 Å². The second kappa shape index (κ2) is 5.36. The average molecular weight is 260 g/mol. The number of alkyl halides is 1. The summed E-state index contributed by atoms with van der Waals surface area (Å²) in [5.74, 6) is -0.342. The van der Waals surface area contributed by atoms with Crippen LogP contribution in [0.5, 0.6) is 0 Å². The van der Waals surface area contributed by atoms with Crippen molar-refractivity contribution < 1.29 is 13.9 Å². The molecule has 0 heterocycles. The first-order valence-electron chi connectivity index (χ1n) is 5.16. The second-order valence-electron chi connectivity index (χ2n) is 4.57. The third kappa shape index (κ3) is 4.61. The lowest BCUT2D eigenvalue weighted by Crippen LogP contribution is -2.27. The lowest BCUT2D eigenvalue weighted by atomic mass is 10.2. The number of amides is 1. The van der Waals surface area contributed by atoms with Crippen molar-refractivity contribution in [3.05, 3.63) is 29.6 Å². The molecule has 94 valence electrons. The van der Waals surface area contributed by atoms with Crippen molar-refractivity contribution in [2.45, 2.75) is 32.3 Å². The summed E-state index contributed by atoms with van der Waals surface area (Å²) in [4.78, 5) is 11.5. The van der Waals surface area contributed by atoms with Crippen molar-refractivity contribution in [1.82, 2.24) is 0 Å². The predicted octanol–water partition coefficient (Wildman–Crippen LogP) is 3.91. The van der Waals surface area contributed by atoms with Crippen LogP contribution < -0.4 is 5.32 Å². The maximum absolute atomic E-state index is 13.2. The van der Waals surface area contributed by atoms with Crippen LogP contribution in [-0.4, -0.2) is 11.7 Å². The zero-order chi connectivity index (χ0) is 13.1. The molecule has 3 nitrogen and oxygen atoms in total. The molecule has 1 aromatic carbocycles. The van der Waals surface area contributed by atoms with E-state index in [0.717, 1.165) is 0 Å². The Bertz CT molecular complexity index is 415. The number of rotatable bonds is 2. The highest BCUT2D eigenvalue weighted by Gasteiger charge is 2.16. The molecule has 0 bridgehead atoms. The minimum absolute atomic E-state index is 0.0513. The molecule has 1 N–H and O–H groups in total. The van der Waals surface area contributed by atoms with Gasteiger partial charge in [0.2, 0.25) is 0 Å². The van der Waals surface area contributed by atoms with Crippen LogP contribution in [0, 0.1) is 5.82 Å². The van der Waals surface area contributed by atoms with E-state index in [9.17, 15) is 9.18 Å². The van der Waals surface area contributed by atoms with E-state index in [1.807, 2.05) is 0 Å². The molecular weight excluding hydrogens is 245 g/mol. The Balaban J connectivity index is 2.72. The zero-order valence-electron chi connectivity index (χ0n) is 10.0. The van der Waals surface area contributed by atoms with E-state index < -0.39 is 17.5 Å². The van der Waals surface area contributed by atoms with E-state index in [-0.39, 0.29) is 5.88 Å². The summed E-state index contributed by atoms with van der Waals surface area (Å²) in [7, 11) is 0. The van der Waals surface area contributed by atoms with Gasteiger partial charge >= 0.3 is 6.09 Å². The first kappa shape index (κ1) is 13.8. The minimum atomic E-state index is -0.579. The molecule has 0 fully saturated rings. The van der Waals surface area contributed by atoms with Gasteiger partial charge in [0.25, 0.3) is 0 Å². The van der Waals surface area contributed by atoms with Gasteiger partial charge in [-0.3, -0.25) is 5.32 Å². The van der Waals surface area contributed by atoms with E-state index in [2.05, 4.69) is 5.32 Å². The number of hydrogen-bond acceptors (Lipinski definition) is 2. The van der Waals surface area contributed by atoms with Gasteiger partial charge in [-0.1, -0.05) is 0 Å². The average Bonchev–Trinajstić information content (AvgIpc) is 2.18. The first-order chi connectivity index (χ1) is 7.81. The molecule has 0 aromatic heterocycles. The molecule has 17 heavy (non-hydrogen) atoms. The Hall–Kier alpha value is -1.29. The lowest BCUT2D eigenvalue weighted by molar-refractivity contribution is 0.0636. The van der Waals surface area contributed by atoms with Gasteiger partial charge in [0, 0.05) is 11.3 Å². The molecule has 1 aromatic rings. The van der Waals surface area contributed by atoms with Gasteiger partial charge in [-0.2, -0.15) is 0 Å². The van der Waals surface area contributed by atoms with Crippen molar-refractivity contribution in [3.8, 4) is 0 Å². The number of ether oxygens (including phenoxy) is 1. The second-order valence-corrected chi connectivity index (χ2v) is 4.83. The number of benzene rings is 1. The Morgan fingerprint density at radius 1 is 1.47 bits per heavy atom. The summed E-state index contributed by atoms with van der Waals surface area (Å²) in [6, 6.07) is 4.19. The van der Waals surface area contributed by atoms with Gasteiger partial charge in [-0.05, 0) is 39.0 Å². The number of carbonyl (C=O) groups excluding carboxylic acids is 1. The van der Waals surface area contributed by atoms with Crippen LogP contribution in [0.15, 0.2) is 18.2 Å². The van der Waals surface area contributed by atoms with Crippen LogP contribution >= 0.6 is 11.6 Å². The molecule has 0 spiro atoms.